The highest BCUT2D eigenvalue weighted by Crippen LogP contribution is 2.34. The summed E-state index contributed by atoms with van der Waals surface area (Å²) in [7, 11) is 0. The second kappa shape index (κ2) is 7.17. The lowest BCUT2D eigenvalue weighted by Gasteiger charge is -2.08. The SMILES string of the molecule is O=C(Nc1c(Cl)cc(Cl)cc1Cl)c1ccc(C#CCO)s1. The van der Waals surface area contributed by atoms with Gasteiger partial charge in [-0.15, -0.1) is 11.3 Å². The molecule has 0 aliphatic heterocycles. The highest BCUT2D eigenvalue weighted by Gasteiger charge is 2.14. The van der Waals surface area contributed by atoms with Gasteiger partial charge in [0.2, 0.25) is 0 Å². The third kappa shape index (κ3) is 4.13. The number of amides is 1. The van der Waals surface area contributed by atoms with Crippen LogP contribution >= 0.6 is 46.1 Å². The molecular formula is C14H8Cl3NO2S. The zero-order chi connectivity index (χ0) is 15.4. The Morgan fingerprint density at radius 1 is 1.24 bits per heavy atom. The highest BCUT2D eigenvalue weighted by molar-refractivity contribution is 7.14. The molecule has 0 spiro atoms. The Morgan fingerprint density at radius 3 is 2.52 bits per heavy atom. The van der Waals surface area contributed by atoms with E-state index >= 15 is 0 Å². The molecule has 2 aromatic rings. The maximum Gasteiger partial charge on any atom is 0.265 e. The van der Waals surface area contributed by atoms with Crippen LogP contribution in [0.3, 0.4) is 0 Å². The number of carbonyl (C=O) groups excluding carboxylic acids is 1. The van der Waals surface area contributed by atoms with Crippen LogP contribution in [0.5, 0.6) is 0 Å². The van der Waals surface area contributed by atoms with Crippen LogP contribution in [0.1, 0.15) is 14.5 Å². The Morgan fingerprint density at radius 2 is 1.90 bits per heavy atom. The van der Waals surface area contributed by atoms with E-state index in [4.69, 9.17) is 39.9 Å². The fourth-order valence-corrected chi connectivity index (χ4v) is 3.18. The minimum absolute atomic E-state index is 0.227. The van der Waals surface area contributed by atoms with Gasteiger partial charge in [0.15, 0.2) is 0 Å². The van der Waals surface area contributed by atoms with Crippen molar-refractivity contribution in [3.05, 3.63) is 49.1 Å². The molecule has 1 aromatic heterocycles. The second-order valence-electron chi connectivity index (χ2n) is 3.82. The van der Waals surface area contributed by atoms with E-state index < -0.39 is 0 Å². The molecule has 2 rings (SSSR count). The third-order valence-electron chi connectivity index (χ3n) is 2.37. The summed E-state index contributed by atoms with van der Waals surface area (Å²) in [6.07, 6.45) is 0. The molecule has 0 aliphatic carbocycles. The molecule has 7 heteroatoms. The molecule has 0 saturated heterocycles. The number of rotatable bonds is 2. The Hall–Kier alpha value is -1.22. The van der Waals surface area contributed by atoms with Crippen molar-refractivity contribution in [1.82, 2.24) is 0 Å². The number of nitrogens with one attached hydrogen (secondary N) is 1. The number of hydrogen-bond donors (Lipinski definition) is 2. The second-order valence-corrected chi connectivity index (χ2v) is 6.16. The summed E-state index contributed by atoms with van der Waals surface area (Å²) in [4.78, 5) is 13.3. The van der Waals surface area contributed by atoms with Crippen molar-refractivity contribution >= 4 is 57.7 Å². The Labute approximate surface area is 140 Å². The summed E-state index contributed by atoms with van der Waals surface area (Å²) in [6.45, 7) is -0.227. The summed E-state index contributed by atoms with van der Waals surface area (Å²) in [5.74, 6) is 4.91. The lowest BCUT2D eigenvalue weighted by atomic mass is 10.3. The maximum absolute atomic E-state index is 12.1. The zero-order valence-electron chi connectivity index (χ0n) is 10.4. The van der Waals surface area contributed by atoms with Gasteiger partial charge in [0, 0.05) is 5.02 Å². The monoisotopic (exact) mass is 359 g/mol. The molecule has 0 bridgehead atoms. The van der Waals surface area contributed by atoms with Gasteiger partial charge in [-0.2, -0.15) is 0 Å². The van der Waals surface area contributed by atoms with Crippen molar-refractivity contribution in [1.29, 1.82) is 0 Å². The molecule has 21 heavy (non-hydrogen) atoms. The average molecular weight is 361 g/mol. The van der Waals surface area contributed by atoms with Crippen molar-refractivity contribution in [2.24, 2.45) is 0 Å². The van der Waals surface area contributed by atoms with Gasteiger partial charge in [0.25, 0.3) is 5.91 Å². The normalized spacial score (nSPS) is 9.90. The van der Waals surface area contributed by atoms with Crippen molar-refractivity contribution in [3.8, 4) is 11.8 Å². The quantitative estimate of drug-likeness (QED) is 0.784. The molecule has 108 valence electrons. The molecule has 0 unspecified atom stereocenters. The van der Waals surface area contributed by atoms with E-state index in [0.717, 1.165) is 0 Å². The number of anilines is 1. The third-order valence-corrected chi connectivity index (χ3v) is 4.18. The molecule has 1 aromatic carbocycles. The van der Waals surface area contributed by atoms with E-state index in [1.807, 2.05) is 0 Å². The minimum atomic E-state index is -0.344. The van der Waals surface area contributed by atoms with Crippen molar-refractivity contribution in [2.45, 2.75) is 0 Å². The smallest absolute Gasteiger partial charge is 0.265 e. The van der Waals surface area contributed by atoms with E-state index in [9.17, 15) is 4.79 Å². The fourth-order valence-electron chi connectivity index (χ4n) is 1.49. The van der Waals surface area contributed by atoms with Crippen LogP contribution in [0.2, 0.25) is 15.1 Å². The molecule has 3 nitrogen and oxygen atoms in total. The van der Waals surface area contributed by atoms with Gasteiger partial charge in [-0.25, -0.2) is 0 Å². The van der Waals surface area contributed by atoms with Gasteiger partial charge in [-0.3, -0.25) is 4.79 Å². The first-order chi connectivity index (χ1) is 10.0. The lowest BCUT2D eigenvalue weighted by Crippen LogP contribution is -2.10. The first-order valence-electron chi connectivity index (χ1n) is 5.66. The summed E-state index contributed by atoms with van der Waals surface area (Å²) in [5.41, 5.74) is 0.309. The van der Waals surface area contributed by atoms with Gasteiger partial charge in [0.05, 0.1) is 25.5 Å². The standard InChI is InChI=1S/C14H8Cl3NO2S/c15-8-6-10(16)13(11(17)7-8)18-14(20)12-4-3-9(21-12)2-1-5-19/h3-4,6-7,19H,5H2,(H,18,20). The topological polar surface area (TPSA) is 49.3 Å². The van der Waals surface area contributed by atoms with Gasteiger partial charge in [-0.1, -0.05) is 46.6 Å². The van der Waals surface area contributed by atoms with Crippen LogP contribution in [-0.4, -0.2) is 17.6 Å². The van der Waals surface area contributed by atoms with Crippen LogP contribution in [0.15, 0.2) is 24.3 Å². The zero-order valence-corrected chi connectivity index (χ0v) is 13.5. The Bertz CT molecular complexity index is 723. The van der Waals surface area contributed by atoms with Gasteiger partial charge in [-0.05, 0) is 24.3 Å². The molecule has 0 atom stereocenters. The molecule has 0 aliphatic rings. The van der Waals surface area contributed by atoms with Crippen molar-refractivity contribution in [2.75, 3.05) is 11.9 Å². The van der Waals surface area contributed by atoms with Gasteiger partial charge < -0.3 is 10.4 Å². The molecule has 0 fully saturated rings. The Kier molecular flexibility index (Phi) is 5.51. The first kappa shape index (κ1) is 16.2. The maximum atomic E-state index is 12.1. The molecule has 0 radical (unpaired) electrons. The molecule has 1 amide bonds. The summed E-state index contributed by atoms with van der Waals surface area (Å²) >= 11 is 19.0. The van der Waals surface area contributed by atoms with Crippen LogP contribution in [0, 0.1) is 11.8 Å². The molecular weight excluding hydrogens is 353 g/mol. The van der Waals surface area contributed by atoms with Gasteiger partial charge >= 0.3 is 0 Å². The number of benzene rings is 1. The van der Waals surface area contributed by atoms with Crippen LogP contribution < -0.4 is 5.32 Å². The van der Waals surface area contributed by atoms with Crippen molar-refractivity contribution in [3.63, 3.8) is 0 Å². The van der Waals surface area contributed by atoms with E-state index in [0.29, 0.717) is 20.5 Å². The number of halogens is 3. The Balaban J connectivity index is 2.20. The van der Waals surface area contributed by atoms with E-state index in [1.165, 1.54) is 23.5 Å². The summed E-state index contributed by atoms with van der Waals surface area (Å²) in [6, 6.07) is 6.33. The average Bonchev–Trinajstić information content (AvgIpc) is 2.89. The molecule has 0 saturated carbocycles. The lowest BCUT2D eigenvalue weighted by molar-refractivity contribution is 0.103. The van der Waals surface area contributed by atoms with E-state index in [-0.39, 0.29) is 22.6 Å². The highest BCUT2D eigenvalue weighted by atomic mass is 35.5. The van der Waals surface area contributed by atoms with E-state index in [2.05, 4.69) is 17.2 Å². The molecule has 1 heterocycles. The largest absolute Gasteiger partial charge is 0.384 e. The number of aliphatic hydroxyl groups is 1. The van der Waals surface area contributed by atoms with Crippen LogP contribution in [0.25, 0.3) is 0 Å². The number of hydrogen-bond acceptors (Lipinski definition) is 3. The first-order valence-corrected chi connectivity index (χ1v) is 7.61. The van der Waals surface area contributed by atoms with Crippen LogP contribution in [-0.2, 0) is 0 Å². The van der Waals surface area contributed by atoms with Gasteiger partial charge in [0.1, 0.15) is 6.61 Å². The number of carbonyl (C=O) groups is 1. The molecule has 2 N–H and O–H groups in total. The summed E-state index contributed by atoms with van der Waals surface area (Å²) in [5, 5.41) is 12.2. The summed E-state index contributed by atoms with van der Waals surface area (Å²) < 4.78 is 0. The van der Waals surface area contributed by atoms with Crippen LogP contribution in [0.4, 0.5) is 5.69 Å². The fraction of sp³-hybridized carbons (Fsp3) is 0.0714. The minimum Gasteiger partial charge on any atom is -0.384 e. The number of thiophene rings is 1. The predicted molar refractivity (Wildman–Crippen MR) is 87.7 cm³/mol. The predicted octanol–water partition coefficient (Wildman–Crippen LogP) is 4.30. The number of aliphatic hydroxyl groups excluding tert-OH is 1. The van der Waals surface area contributed by atoms with E-state index in [1.54, 1.807) is 12.1 Å². The van der Waals surface area contributed by atoms with Crippen molar-refractivity contribution < 1.29 is 9.90 Å².